The number of carbonyl (C=O) groups excluding carboxylic acids is 1. The average molecular weight is 287 g/mol. The third-order valence-electron chi connectivity index (χ3n) is 3.20. The first-order valence-electron chi connectivity index (χ1n) is 5.93. The summed E-state index contributed by atoms with van der Waals surface area (Å²) in [4.78, 5) is 21.5. The summed E-state index contributed by atoms with van der Waals surface area (Å²) in [6.45, 7) is 2.08. The third kappa shape index (κ3) is 3.49. The lowest BCUT2D eigenvalue weighted by atomic mass is 9.86. The number of rotatable bonds is 5. The van der Waals surface area contributed by atoms with Crippen LogP contribution >= 0.6 is 0 Å². The Morgan fingerprint density at radius 2 is 2.00 bits per heavy atom. The second-order valence-electron chi connectivity index (χ2n) is 4.56. The van der Waals surface area contributed by atoms with Gasteiger partial charge < -0.3 is 4.74 Å². The van der Waals surface area contributed by atoms with Crippen LogP contribution in [0.5, 0.6) is 0 Å². The maximum atomic E-state index is 13.9. The highest BCUT2D eigenvalue weighted by Crippen LogP contribution is 2.29. The van der Waals surface area contributed by atoms with Gasteiger partial charge in [0.05, 0.1) is 18.9 Å². The van der Waals surface area contributed by atoms with Crippen LogP contribution < -0.4 is 0 Å². The maximum absolute atomic E-state index is 13.9. The lowest BCUT2D eigenvalue weighted by Gasteiger charge is -2.20. The molecule has 0 amide bonds. The van der Waals surface area contributed by atoms with Gasteiger partial charge in [0.25, 0.3) is 0 Å². The van der Waals surface area contributed by atoms with Gasteiger partial charge in [0.15, 0.2) is 0 Å². The zero-order chi connectivity index (χ0) is 15.4. The molecule has 1 aromatic rings. The Morgan fingerprint density at radius 1 is 1.40 bits per heavy atom. The molecule has 0 N–H and O–H groups in total. The molecule has 0 spiro atoms. The number of nitro groups is 1. The van der Waals surface area contributed by atoms with Gasteiger partial charge in [0, 0.05) is 10.5 Å². The zero-order valence-corrected chi connectivity index (χ0v) is 11.4. The number of nitrogens with zero attached hydrogens (tertiary/aromatic N) is 1. The molecule has 0 aromatic heterocycles. The Kier molecular flexibility index (Phi) is 5.12. The topological polar surface area (TPSA) is 69.4 Å². The van der Waals surface area contributed by atoms with Crippen LogP contribution in [0.25, 0.3) is 0 Å². The summed E-state index contributed by atoms with van der Waals surface area (Å²) in [6.07, 6.45) is 0. The summed E-state index contributed by atoms with van der Waals surface area (Å²) in [5.41, 5.74) is -0.0977. The van der Waals surface area contributed by atoms with Crippen molar-refractivity contribution in [2.75, 3.05) is 13.7 Å². The number of methoxy groups -OCH3 is 1. The molecule has 0 aliphatic carbocycles. The van der Waals surface area contributed by atoms with Crippen molar-refractivity contribution in [1.29, 1.82) is 0 Å². The van der Waals surface area contributed by atoms with Crippen molar-refractivity contribution in [3.63, 3.8) is 0 Å². The van der Waals surface area contributed by atoms with Gasteiger partial charge in [-0.2, -0.15) is 0 Å². The van der Waals surface area contributed by atoms with Crippen LogP contribution in [0.4, 0.5) is 8.78 Å². The van der Waals surface area contributed by atoms with E-state index >= 15 is 0 Å². The first kappa shape index (κ1) is 16.0. The molecule has 0 aliphatic heterocycles. The molecule has 1 unspecified atom stereocenters. The first-order valence-corrected chi connectivity index (χ1v) is 5.93. The molecule has 1 rings (SSSR count). The maximum Gasteiger partial charge on any atom is 0.309 e. The fourth-order valence-corrected chi connectivity index (χ4v) is 1.98. The van der Waals surface area contributed by atoms with Crippen LogP contribution in [-0.2, 0) is 9.53 Å². The highest BCUT2D eigenvalue weighted by Gasteiger charge is 2.33. The summed E-state index contributed by atoms with van der Waals surface area (Å²) < 4.78 is 32.0. The molecule has 20 heavy (non-hydrogen) atoms. The average Bonchev–Trinajstić information content (AvgIpc) is 2.38. The smallest absolute Gasteiger partial charge is 0.309 e. The molecule has 2 atom stereocenters. The van der Waals surface area contributed by atoms with Crippen molar-refractivity contribution in [3.8, 4) is 0 Å². The predicted molar refractivity (Wildman–Crippen MR) is 66.9 cm³/mol. The molecular formula is C13H15F2NO4. The van der Waals surface area contributed by atoms with E-state index in [1.807, 2.05) is 0 Å². The molecule has 5 nitrogen and oxygen atoms in total. The number of hydrogen-bond acceptors (Lipinski definition) is 4. The SMILES string of the molecule is COC(=O)C(C)[C@@H](C[N+](=O)[O-])c1cc(F)c(C)cc1F. The number of halogens is 2. The number of ether oxygens (including phenoxy) is 1. The molecule has 1 aromatic carbocycles. The van der Waals surface area contributed by atoms with E-state index in [4.69, 9.17) is 0 Å². The molecule has 0 heterocycles. The van der Waals surface area contributed by atoms with E-state index in [1.54, 1.807) is 0 Å². The van der Waals surface area contributed by atoms with Crippen LogP contribution in [-0.4, -0.2) is 24.5 Å². The largest absolute Gasteiger partial charge is 0.469 e. The minimum atomic E-state index is -1.09. The van der Waals surface area contributed by atoms with E-state index in [-0.39, 0.29) is 11.1 Å². The van der Waals surface area contributed by atoms with E-state index in [2.05, 4.69) is 4.74 Å². The molecule has 0 saturated heterocycles. The Balaban J connectivity index is 3.27. The minimum Gasteiger partial charge on any atom is -0.469 e. The molecule has 7 heteroatoms. The van der Waals surface area contributed by atoms with Gasteiger partial charge >= 0.3 is 5.97 Å². The van der Waals surface area contributed by atoms with Crippen molar-refractivity contribution in [2.24, 2.45) is 5.92 Å². The third-order valence-corrected chi connectivity index (χ3v) is 3.20. The van der Waals surface area contributed by atoms with Crippen molar-refractivity contribution < 1.29 is 23.2 Å². The monoisotopic (exact) mass is 287 g/mol. The van der Waals surface area contributed by atoms with Gasteiger partial charge in [-0.3, -0.25) is 14.9 Å². The summed E-state index contributed by atoms with van der Waals surface area (Å²) in [5.74, 6) is -4.20. The van der Waals surface area contributed by atoms with Crippen LogP contribution in [0.3, 0.4) is 0 Å². The Hall–Kier alpha value is -2.05. The first-order chi connectivity index (χ1) is 9.27. The Morgan fingerprint density at radius 3 is 2.50 bits per heavy atom. The molecule has 0 radical (unpaired) electrons. The minimum absolute atomic E-state index is 0.0943. The van der Waals surface area contributed by atoms with Crippen LogP contribution in [0.2, 0.25) is 0 Å². The van der Waals surface area contributed by atoms with Crippen molar-refractivity contribution in [2.45, 2.75) is 19.8 Å². The Bertz CT molecular complexity index is 533. The highest BCUT2D eigenvalue weighted by molar-refractivity contribution is 5.73. The van der Waals surface area contributed by atoms with Gasteiger partial charge in [-0.1, -0.05) is 6.92 Å². The molecule has 0 aliphatic rings. The zero-order valence-electron chi connectivity index (χ0n) is 11.4. The molecule has 110 valence electrons. The van der Waals surface area contributed by atoms with Gasteiger partial charge in [-0.05, 0) is 24.6 Å². The quantitative estimate of drug-likeness (QED) is 0.474. The number of hydrogen-bond donors (Lipinski definition) is 0. The standard InChI is InChI=1S/C13H15F2NO4/c1-7-4-12(15)9(5-11(7)14)10(6-16(18)19)8(2)13(17)20-3/h4-5,8,10H,6H2,1-3H3/t8?,10-/m1/s1. The van der Waals surface area contributed by atoms with Crippen molar-refractivity contribution >= 4 is 5.97 Å². The summed E-state index contributed by atoms with van der Waals surface area (Å²) in [5, 5.41) is 10.7. The number of esters is 1. The summed E-state index contributed by atoms with van der Waals surface area (Å²) in [6, 6.07) is 1.86. The van der Waals surface area contributed by atoms with E-state index in [0.29, 0.717) is 0 Å². The molecule has 0 fully saturated rings. The van der Waals surface area contributed by atoms with Gasteiger partial charge in [-0.15, -0.1) is 0 Å². The summed E-state index contributed by atoms with van der Waals surface area (Å²) in [7, 11) is 1.13. The molecule has 0 saturated carbocycles. The number of aryl methyl sites for hydroxylation is 1. The Labute approximate surface area is 114 Å². The lowest BCUT2D eigenvalue weighted by Crippen LogP contribution is -2.27. The molecular weight excluding hydrogens is 272 g/mol. The van der Waals surface area contributed by atoms with E-state index in [9.17, 15) is 23.7 Å². The second-order valence-corrected chi connectivity index (χ2v) is 4.56. The van der Waals surface area contributed by atoms with Crippen LogP contribution in [0.1, 0.15) is 24.0 Å². The normalized spacial score (nSPS) is 13.7. The molecule has 0 bridgehead atoms. The van der Waals surface area contributed by atoms with Gasteiger partial charge in [-0.25, -0.2) is 8.78 Å². The van der Waals surface area contributed by atoms with Crippen molar-refractivity contribution in [3.05, 3.63) is 45.0 Å². The summed E-state index contributed by atoms with van der Waals surface area (Å²) >= 11 is 0. The van der Waals surface area contributed by atoms with Crippen LogP contribution in [0.15, 0.2) is 12.1 Å². The van der Waals surface area contributed by atoms with Gasteiger partial charge in [0.2, 0.25) is 6.54 Å². The lowest BCUT2D eigenvalue weighted by molar-refractivity contribution is -0.484. The second kappa shape index (κ2) is 6.40. The van der Waals surface area contributed by atoms with E-state index in [1.165, 1.54) is 13.8 Å². The van der Waals surface area contributed by atoms with Crippen molar-refractivity contribution in [1.82, 2.24) is 0 Å². The fraction of sp³-hybridized carbons (Fsp3) is 0.462. The van der Waals surface area contributed by atoms with Crippen LogP contribution in [0, 0.1) is 34.6 Å². The van der Waals surface area contributed by atoms with E-state index in [0.717, 1.165) is 19.2 Å². The van der Waals surface area contributed by atoms with E-state index < -0.39 is 40.9 Å². The highest BCUT2D eigenvalue weighted by atomic mass is 19.1. The van der Waals surface area contributed by atoms with Gasteiger partial charge in [0.1, 0.15) is 11.6 Å². The predicted octanol–water partition coefficient (Wildman–Crippen LogP) is 2.44. The number of benzene rings is 1. The number of carbonyl (C=O) groups is 1. The fourth-order valence-electron chi connectivity index (χ4n) is 1.98.